The van der Waals surface area contributed by atoms with E-state index in [0.29, 0.717) is 6.54 Å². The molecule has 1 fully saturated rings. The third-order valence-electron chi connectivity index (χ3n) is 2.62. The Kier molecular flexibility index (Phi) is 3.74. The summed E-state index contributed by atoms with van der Waals surface area (Å²) in [7, 11) is 1.40. The maximum Gasteiger partial charge on any atom is 0.320 e. The SMILES string of the molecule is COC(=O)C(Br)CNC1(C)CCC1. The zero-order valence-corrected chi connectivity index (χ0v) is 9.69. The largest absolute Gasteiger partial charge is 0.468 e. The van der Waals surface area contributed by atoms with Gasteiger partial charge in [-0.2, -0.15) is 0 Å². The summed E-state index contributed by atoms with van der Waals surface area (Å²) >= 11 is 3.27. The van der Waals surface area contributed by atoms with E-state index >= 15 is 0 Å². The summed E-state index contributed by atoms with van der Waals surface area (Å²) in [5.74, 6) is -0.213. The van der Waals surface area contributed by atoms with Crippen molar-refractivity contribution >= 4 is 21.9 Å². The van der Waals surface area contributed by atoms with Crippen LogP contribution >= 0.6 is 15.9 Å². The summed E-state index contributed by atoms with van der Waals surface area (Å²) in [6, 6.07) is 0. The zero-order valence-electron chi connectivity index (χ0n) is 8.10. The summed E-state index contributed by atoms with van der Waals surface area (Å²) < 4.78 is 4.60. The minimum Gasteiger partial charge on any atom is -0.468 e. The van der Waals surface area contributed by atoms with Crippen molar-refractivity contribution in [1.29, 1.82) is 0 Å². The third-order valence-corrected chi connectivity index (χ3v) is 3.32. The van der Waals surface area contributed by atoms with E-state index in [9.17, 15) is 4.79 Å². The molecular weight excluding hydrogens is 234 g/mol. The van der Waals surface area contributed by atoms with Gasteiger partial charge in [0.05, 0.1) is 7.11 Å². The Balaban J connectivity index is 2.21. The number of methoxy groups -OCH3 is 1. The fourth-order valence-corrected chi connectivity index (χ4v) is 1.78. The third kappa shape index (κ3) is 2.95. The Bertz CT molecular complexity index is 192. The van der Waals surface area contributed by atoms with Crippen LogP contribution in [0.15, 0.2) is 0 Å². The average molecular weight is 250 g/mol. The van der Waals surface area contributed by atoms with Gasteiger partial charge in [0.2, 0.25) is 0 Å². The molecule has 1 aliphatic carbocycles. The summed E-state index contributed by atoms with van der Waals surface area (Å²) in [6.45, 7) is 2.83. The minimum atomic E-state index is -0.227. The van der Waals surface area contributed by atoms with Crippen LogP contribution in [0.2, 0.25) is 0 Å². The van der Waals surface area contributed by atoms with Gasteiger partial charge in [0.15, 0.2) is 0 Å². The first-order valence-corrected chi connectivity index (χ1v) is 5.46. The van der Waals surface area contributed by atoms with Crippen LogP contribution in [0.4, 0.5) is 0 Å². The maximum absolute atomic E-state index is 11.0. The number of hydrogen-bond acceptors (Lipinski definition) is 3. The molecule has 0 spiro atoms. The van der Waals surface area contributed by atoms with Gasteiger partial charge < -0.3 is 10.1 Å². The molecule has 1 aliphatic rings. The van der Waals surface area contributed by atoms with Crippen molar-refractivity contribution in [2.75, 3.05) is 13.7 Å². The lowest BCUT2D eigenvalue weighted by Crippen LogP contribution is -2.50. The lowest BCUT2D eigenvalue weighted by molar-refractivity contribution is -0.139. The van der Waals surface area contributed by atoms with E-state index in [0.717, 1.165) is 0 Å². The molecule has 0 aliphatic heterocycles. The second kappa shape index (κ2) is 4.42. The van der Waals surface area contributed by atoms with Crippen LogP contribution in [0.5, 0.6) is 0 Å². The van der Waals surface area contributed by atoms with Crippen LogP contribution in [0.25, 0.3) is 0 Å². The first kappa shape index (κ1) is 11.0. The van der Waals surface area contributed by atoms with E-state index in [-0.39, 0.29) is 16.3 Å². The number of rotatable bonds is 4. The number of alkyl halides is 1. The van der Waals surface area contributed by atoms with Gasteiger partial charge in [-0.15, -0.1) is 0 Å². The predicted molar refractivity (Wildman–Crippen MR) is 55.0 cm³/mol. The second-order valence-corrected chi connectivity index (χ2v) is 4.89. The molecule has 0 aromatic rings. The molecule has 1 N–H and O–H groups in total. The molecule has 0 radical (unpaired) electrons. The number of esters is 1. The molecule has 1 saturated carbocycles. The number of halogens is 1. The van der Waals surface area contributed by atoms with Crippen LogP contribution in [-0.2, 0) is 9.53 Å². The molecule has 4 heteroatoms. The zero-order chi connectivity index (χ0) is 9.90. The van der Waals surface area contributed by atoms with Crippen LogP contribution in [0.1, 0.15) is 26.2 Å². The van der Waals surface area contributed by atoms with Crippen molar-refractivity contribution in [1.82, 2.24) is 5.32 Å². The summed E-state index contributed by atoms with van der Waals surface area (Å²) in [6.07, 6.45) is 3.69. The molecule has 3 nitrogen and oxygen atoms in total. The van der Waals surface area contributed by atoms with Crippen molar-refractivity contribution in [2.24, 2.45) is 0 Å². The quantitative estimate of drug-likeness (QED) is 0.606. The van der Waals surface area contributed by atoms with E-state index < -0.39 is 0 Å². The lowest BCUT2D eigenvalue weighted by Gasteiger charge is -2.39. The number of carbonyl (C=O) groups is 1. The molecule has 1 rings (SSSR count). The molecule has 0 aromatic carbocycles. The van der Waals surface area contributed by atoms with E-state index in [1.54, 1.807) is 0 Å². The molecule has 0 heterocycles. The van der Waals surface area contributed by atoms with Gasteiger partial charge >= 0.3 is 5.97 Å². The molecular formula is C9H16BrNO2. The smallest absolute Gasteiger partial charge is 0.320 e. The first-order valence-electron chi connectivity index (χ1n) is 4.54. The van der Waals surface area contributed by atoms with Gasteiger partial charge in [-0.3, -0.25) is 4.79 Å². The van der Waals surface area contributed by atoms with Gasteiger partial charge in [0.25, 0.3) is 0 Å². The van der Waals surface area contributed by atoms with Crippen molar-refractivity contribution in [3.05, 3.63) is 0 Å². The second-order valence-electron chi connectivity index (χ2n) is 3.79. The molecule has 76 valence electrons. The highest BCUT2D eigenvalue weighted by Gasteiger charge is 2.32. The van der Waals surface area contributed by atoms with Gasteiger partial charge in [-0.25, -0.2) is 0 Å². The van der Waals surface area contributed by atoms with Gasteiger partial charge in [-0.05, 0) is 26.2 Å². The molecule has 0 aromatic heterocycles. The van der Waals surface area contributed by atoms with Crippen molar-refractivity contribution in [2.45, 2.75) is 36.6 Å². The fraction of sp³-hybridized carbons (Fsp3) is 0.889. The highest BCUT2D eigenvalue weighted by molar-refractivity contribution is 9.10. The number of nitrogens with one attached hydrogen (secondary N) is 1. The van der Waals surface area contributed by atoms with E-state index in [1.807, 2.05) is 0 Å². The minimum absolute atomic E-state index is 0.213. The Morgan fingerprint density at radius 1 is 1.69 bits per heavy atom. The topological polar surface area (TPSA) is 38.3 Å². The monoisotopic (exact) mass is 249 g/mol. The van der Waals surface area contributed by atoms with Gasteiger partial charge in [0.1, 0.15) is 4.83 Å². The summed E-state index contributed by atoms with van der Waals surface area (Å²) in [4.78, 5) is 10.8. The van der Waals surface area contributed by atoms with Crippen LogP contribution in [-0.4, -0.2) is 30.0 Å². The number of ether oxygens (including phenoxy) is 1. The number of hydrogen-bond donors (Lipinski definition) is 1. The summed E-state index contributed by atoms with van der Waals surface area (Å²) in [5.41, 5.74) is 0.250. The highest BCUT2D eigenvalue weighted by Crippen LogP contribution is 2.30. The molecule has 13 heavy (non-hydrogen) atoms. The first-order chi connectivity index (χ1) is 6.07. The van der Waals surface area contributed by atoms with Gasteiger partial charge in [-0.1, -0.05) is 15.9 Å². The predicted octanol–water partition coefficient (Wildman–Crippen LogP) is 1.46. The van der Waals surface area contributed by atoms with Gasteiger partial charge in [0, 0.05) is 12.1 Å². The van der Waals surface area contributed by atoms with Crippen LogP contribution in [0.3, 0.4) is 0 Å². The van der Waals surface area contributed by atoms with Crippen molar-refractivity contribution < 1.29 is 9.53 Å². The molecule has 1 atom stereocenters. The Hall–Kier alpha value is -0.0900. The van der Waals surface area contributed by atoms with Crippen LogP contribution in [0, 0.1) is 0 Å². The van der Waals surface area contributed by atoms with Crippen molar-refractivity contribution in [3.63, 3.8) is 0 Å². The molecule has 0 saturated heterocycles. The molecule has 0 amide bonds. The molecule has 1 unspecified atom stereocenters. The van der Waals surface area contributed by atoms with E-state index in [1.165, 1.54) is 26.4 Å². The summed E-state index contributed by atoms with van der Waals surface area (Å²) in [5, 5.41) is 3.36. The maximum atomic E-state index is 11.0. The average Bonchev–Trinajstić information content (AvgIpc) is 2.09. The van der Waals surface area contributed by atoms with E-state index in [4.69, 9.17) is 0 Å². The molecule has 0 bridgehead atoms. The van der Waals surface area contributed by atoms with Crippen LogP contribution < -0.4 is 5.32 Å². The Labute approximate surface area is 87.3 Å². The number of carbonyl (C=O) groups excluding carboxylic acids is 1. The highest BCUT2D eigenvalue weighted by atomic mass is 79.9. The standard InChI is InChI=1S/C9H16BrNO2/c1-9(4-3-5-9)11-6-7(10)8(12)13-2/h7,11H,3-6H2,1-2H3. The lowest BCUT2D eigenvalue weighted by atomic mass is 9.78. The van der Waals surface area contributed by atoms with E-state index in [2.05, 4.69) is 32.9 Å². The Morgan fingerprint density at radius 3 is 2.69 bits per heavy atom. The normalized spacial score (nSPS) is 21.8. The Morgan fingerprint density at radius 2 is 2.31 bits per heavy atom. The van der Waals surface area contributed by atoms with Crippen molar-refractivity contribution in [3.8, 4) is 0 Å². The fourth-order valence-electron chi connectivity index (χ4n) is 1.43.